The van der Waals surface area contributed by atoms with Crippen LogP contribution in [-0.2, 0) is 0 Å². The summed E-state index contributed by atoms with van der Waals surface area (Å²) in [5.74, 6) is -0.465. The maximum Gasteiger partial charge on any atom is 0.193 e. The topological polar surface area (TPSA) is 43.1 Å². The van der Waals surface area contributed by atoms with Crippen LogP contribution in [0.3, 0.4) is 0 Å². The number of benzene rings is 2. The molecule has 0 aliphatic rings. The average molecular weight is 336 g/mol. The Hall–Kier alpha value is -1.68. The highest BCUT2D eigenvalue weighted by atomic mass is 79.9. The highest BCUT2D eigenvalue weighted by Crippen LogP contribution is 2.27. The summed E-state index contributed by atoms with van der Waals surface area (Å²) in [5, 5.41) is 0. The number of nitrogens with two attached hydrogens (primary N) is 1. The molecule has 2 N–H and O–H groups in total. The minimum atomic E-state index is -0.331. The fourth-order valence-corrected chi connectivity index (χ4v) is 2.82. The highest BCUT2D eigenvalue weighted by Gasteiger charge is 2.19. The minimum Gasteiger partial charge on any atom is -0.398 e. The first-order valence-corrected chi connectivity index (χ1v) is 6.97. The van der Waals surface area contributed by atoms with Gasteiger partial charge in [-0.2, -0.15) is 0 Å². The number of carbonyl (C=O) groups excluding carboxylic acids is 1. The zero-order valence-electron chi connectivity index (χ0n) is 11.6. The highest BCUT2D eigenvalue weighted by molar-refractivity contribution is 9.10. The molecular formula is C16H15BrFNO. The molecule has 2 aromatic rings. The van der Waals surface area contributed by atoms with E-state index in [4.69, 9.17) is 5.73 Å². The molecule has 20 heavy (non-hydrogen) atoms. The smallest absolute Gasteiger partial charge is 0.193 e. The van der Waals surface area contributed by atoms with Crippen molar-refractivity contribution in [1.29, 1.82) is 0 Å². The van der Waals surface area contributed by atoms with E-state index in [1.54, 1.807) is 26.0 Å². The van der Waals surface area contributed by atoms with Crippen LogP contribution in [0.1, 0.15) is 32.6 Å². The van der Waals surface area contributed by atoms with Crippen molar-refractivity contribution < 1.29 is 9.18 Å². The summed E-state index contributed by atoms with van der Waals surface area (Å²) in [6, 6.07) is 6.25. The SMILES string of the molecule is Cc1cc(F)cc(C)c1C(=O)c1cc(Br)cc(N)c1C. The van der Waals surface area contributed by atoms with Crippen molar-refractivity contribution in [2.24, 2.45) is 0 Å². The van der Waals surface area contributed by atoms with Gasteiger partial charge in [0.15, 0.2) is 5.78 Å². The van der Waals surface area contributed by atoms with Gasteiger partial charge in [0.05, 0.1) is 0 Å². The van der Waals surface area contributed by atoms with Crippen LogP contribution in [0, 0.1) is 26.6 Å². The number of ketones is 1. The molecule has 0 heterocycles. The standard InChI is InChI=1S/C16H15BrFNO/c1-8-4-12(18)5-9(2)15(8)16(20)13-6-11(17)7-14(19)10(13)3/h4-7H,19H2,1-3H3. The van der Waals surface area contributed by atoms with E-state index in [1.807, 2.05) is 6.92 Å². The molecule has 2 nitrogen and oxygen atoms in total. The Bertz CT molecular complexity index is 687. The third-order valence-corrected chi connectivity index (χ3v) is 3.84. The number of halogens is 2. The molecule has 0 atom stereocenters. The molecule has 0 spiro atoms. The van der Waals surface area contributed by atoms with Crippen molar-refractivity contribution in [1.82, 2.24) is 0 Å². The number of hydrogen-bond acceptors (Lipinski definition) is 2. The first-order chi connectivity index (χ1) is 9.31. The lowest BCUT2D eigenvalue weighted by Crippen LogP contribution is -2.10. The second-order valence-electron chi connectivity index (χ2n) is 4.91. The molecule has 2 rings (SSSR count). The quantitative estimate of drug-likeness (QED) is 0.655. The number of nitrogen functional groups attached to an aromatic ring is 1. The van der Waals surface area contributed by atoms with Gasteiger partial charge in [0.1, 0.15) is 5.82 Å². The van der Waals surface area contributed by atoms with Crippen LogP contribution in [0.5, 0.6) is 0 Å². The van der Waals surface area contributed by atoms with E-state index in [-0.39, 0.29) is 11.6 Å². The molecular weight excluding hydrogens is 321 g/mol. The first kappa shape index (κ1) is 14.7. The van der Waals surface area contributed by atoms with Gasteiger partial charge in [-0.05, 0) is 61.7 Å². The Morgan fingerprint density at radius 1 is 1.10 bits per heavy atom. The van der Waals surface area contributed by atoms with Crippen LogP contribution in [0.15, 0.2) is 28.7 Å². The Morgan fingerprint density at radius 3 is 2.20 bits per heavy atom. The molecule has 104 valence electrons. The Kier molecular flexibility index (Phi) is 3.95. The van der Waals surface area contributed by atoms with Gasteiger partial charge in [-0.1, -0.05) is 15.9 Å². The van der Waals surface area contributed by atoms with E-state index >= 15 is 0 Å². The van der Waals surface area contributed by atoms with Crippen molar-refractivity contribution >= 4 is 27.4 Å². The number of aryl methyl sites for hydroxylation is 2. The van der Waals surface area contributed by atoms with Crippen LogP contribution < -0.4 is 5.73 Å². The second kappa shape index (κ2) is 5.37. The normalized spacial score (nSPS) is 10.7. The van der Waals surface area contributed by atoms with Crippen LogP contribution in [0.2, 0.25) is 0 Å². The molecule has 0 unspecified atom stereocenters. The second-order valence-corrected chi connectivity index (χ2v) is 5.83. The maximum atomic E-state index is 13.3. The van der Waals surface area contributed by atoms with E-state index in [0.717, 1.165) is 10.0 Å². The van der Waals surface area contributed by atoms with Gasteiger partial charge >= 0.3 is 0 Å². The molecule has 0 radical (unpaired) electrons. The third-order valence-electron chi connectivity index (χ3n) is 3.38. The molecule has 4 heteroatoms. The number of carbonyl (C=O) groups is 1. The summed E-state index contributed by atoms with van der Waals surface area (Å²) in [4.78, 5) is 12.7. The Labute approximate surface area is 125 Å². The summed E-state index contributed by atoms with van der Waals surface area (Å²) in [6.45, 7) is 5.28. The summed E-state index contributed by atoms with van der Waals surface area (Å²) >= 11 is 3.34. The lowest BCUT2D eigenvalue weighted by molar-refractivity contribution is 0.103. The van der Waals surface area contributed by atoms with Crippen molar-refractivity contribution in [2.45, 2.75) is 20.8 Å². The van der Waals surface area contributed by atoms with Gasteiger partial charge in [0, 0.05) is 21.3 Å². The van der Waals surface area contributed by atoms with Crippen molar-refractivity contribution in [3.8, 4) is 0 Å². The predicted octanol–water partition coefficient (Wildman–Crippen LogP) is 4.33. The van der Waals surface area contributed by atoms with Gasteiger partial charge in [0.25, 0.3) is 0 Å². The number of hydrogen-bond donors (Lipinski definition) is 1. The van der Waals surface area contributed by atoms with Gasteiger partial charge in [0.2, 0.25) is 0 Å². The molecule has 0 amide bonds. The van der Waals surface area contributed by atoms with Crippen LogP contribution in [0.4, 0.5) is 10.1 Å². The van der Waals surface area contributed by atoms with Crippen LogP contribution in [0.25, 0.3) is 0 Å². The van der Waals surface area contributed by atoms with E-state index in [1.165, 1.54) is 12.1 Å². The minimum absolute atomic E-state index is 0.134. The fourth-order valence-electron chi connectivity index (χ4n) is 2.34. The average Bonchev–Trinajstić information content (AvgIpc) is 2.32. The maximum absolute atomic E-state index is 13.3. The Morgan fingerprint density at radius 2 is 1.65 bits per heavy atom. The molecule has 2 aromatic carbocycles. The lowest BCUT2D eigenvalue weighted by Gasteiger charge is -2.13. The van der Waals surface area contributed by atoms with Crippen molar-refractivity contribution in [3.63, 3.8) is 0 Å². The summed E-state index contributed by atoms with van der Waals surface area (Å²) in [5.41, 5.74) is 9.52. The molecule has 0 fully saturated rings. The molecule has 0 aliphatic heterocycles. The summed E-state index contributed by atoms with van der Waals surface area (Å²) in [7, 11) is 0. The third kappa shape index (κ3) is 2.61. The lowest BCUT2D eigenvalue weighted by atomic mass is 9.92. The molecule has 0 bridgehead atoms. The molecule has 0 aromatic heterocycles. The fraction of sp³-hybridized carbons (Fsp3) is 0.188. The number of anilines is 1. The number of rotatable bonds is 2. The first-order valence-electron chi connectivity index (χ1n) is 6.18. The van der Waals surface area contributed by atoms with Crippen LogP contribution >= 0.6 is 15.9 Å². The van der Waals surface area contributed by atoms with Crippen molar-refractivity contribution in [2.75, 3.05) is 5.73 Å². The largest absolute Gasteiger partial charge is 0.398 e. The molecule has 0 saturated carbocycles. The van der Waals surface area contributed by atoms with E-state index in [0.29, 0.717) is 27.9 Å². The zero-order valence-corrected chi connectivity index (χ0v) is 13.1. The zero-order chi connectivity index (χ0) is 15.0. The van der Waals surface area contributed by atoms with Crippen molar-refractivity contribution in [3.05, 3.63) is 62.4 Å². The molecule has 0 saturated heterocycles. The van der Waals surface area contributed by atoms with E-state index in [9.17, 15) is 9.18 Å². The molecule has 0 aliphatic carbocycles. The predicted molar refractivity (Wildman–Crippen MR) is 82.6 cm³/mol. The van der Waals surface area contributed by atoms with Gasteiger partial charge in [-0.25, -0.2) is 4.39 Å². The van der Waals surface area contributed by atoms with Gasteiger partial charge < -0.3 is 5.73 Å². The van der Waals surface area contributed by atoms with E-state index in [2.05, 4.69) is 15.9 Å². The monoisotopic (exact) mass is 335 g/mol. The van der Waals surface area contributed by atoms with Crippen LogP contribution in [-0.4, -0.2) is 5.78 Å². The summed E-state index contributed by atoms with van der Waals surface area (Å²) in [6.07, 6.45) is 0. The van der Waals surface area contributed by atoms with Gasteiger partial charge in [-0.3, -0.25) is 4.79 Å². The summed E-state index contributed by atoms with van der Waals surface area (Å²) < 4.78 is 14.1. The van der Waals surface area contributed by atoms with E-state index < -0.39 is 0 Å². The Balaban J connectivity index is 2.64. The van der Waals surface area contributed by atoms with Gasteiger partial charge in [-0.15, -0.1) is 0 Å².